The van der Waals surface area contributed by atoms with Gasteiger partial charge in [-0.05, 0) is 25.7 Å². The molecule has 0 heterocycles. The molecule has 0 rings (SSSR count). The lowest BCUT2D eigenvalue weighted by molar-refractivity contribution is 0.0766. The molecule has 3 nitrogen and oxygen atoms in total. The lowest BCUT2D eigenvalue weighted by Crippen LogP contribution is -2.03. The normalized spacial score (nSPS) is 10.7. The van der Waals surface area contributed by atoms with Gasteiger partial charge in [-0.1, -0.05) is 13.3 Å². The highest BCUT2D eigenvalue weighted by molar-refractivity contribution is 4.39. The number of rotatable bonds is 11. The fourth-order valence-electron chi connectivity index (χ4n) is 1.02. The molecule has 0 fully saturated rings. The molecule has 14 heavy (non-hydrogen) atoms. The van der Waals surface area contributed by atoms with E-state index in [0.29, 0.717) is 0 Å². The minimum Gasteiger partial charge on any atom is -0.381 e. The van der Waals surface area contributed by atoms with Crippen molar-refractivity contribution in [3.8, 4) is 0 Å². The summed E-state index contributed by atoms with van der Waals surface area (Å²) in [6, 6.07) is 0. The number of hydrogen-bond acceptors (Lipinski definition) is 2. The summed E-state index contributed by atoms with van der Waals surface area (Å²) in [5.41, 5.74) is 0. The molecule has 0 amide bonds. The first-order valence-corrected chi connectivity index (χ1v) is 5.65. The molecule has 1 radical (unpaired) electrons. The van der Waals surface area contributed by atoms with E-state index in [4.69, 9.17) is 9.47 Å². The Morgan fingerprint density at radius 3 is 1.93 bits per heavy atom. The van der Waals surface area contributed by atoms with Gasteiger partial charge in [0.25, 0.3) is 0 Å². The summed E-state index contributed by atoms with van der Waals surface area (Å²) >= 11 is 0. The standard InChI is InChI=1S/C11H23O3/c1-2-3-8-13-10-6-11-14-9-5-4-7-12/h2-11H2,1H3. The fourth-order valence-corrected chi connectivity index (χ4v) is 1.02. The summed E-state index contributed by atoms with van der Waals surface area (Å²) in [4.78, 5) is 0. The number of hydrogen-bond donors (Lipinski definition) is 0. The van der Waals surface area contributed by atoms with Crippen molar-refractivity contribution in [1.29, 1.82) is 0 Å². The molecule has 0 N–H and O–H groups in total. The molecule has 3 heteroatoms. The second-order valence-corrected chi connectivity index (χ2v) is 3.34. The minimum atomic E-state index is 0.0174. The zero-order valence-corrected chi connectivity index (χ0v) is 9.30. The lowest BCUT2D eigenvalue weighted by atomic mass is 10.3. The van der Waals surface area contributed by atoms with Crippen LogP contribution in [0.15, 0.2) is 0 Å². The van der Waals surface area contributed by atoms with Gasteiger partial charge in [-0.3, -0.25) is 0 Å². The Balaban J connectivity index is 2.78. The van der Waals surface area contributed by atoms with Crippen LogP contribution in [0.25, 0.3) is 0 Å². The van der Waals surface area contributed by atoms with Crippen molar-refractivity contribution < 1.29 is 14.6 Å². The summed E-state index contributed by atoms with van der Waals surface area (Å²) in [5.74, 6) is 0. The van der Waals surface area contributed by atoms with Gasteiger partial charge >= 0.3 is 0 Å². The molecule has 0 spiro atoms. The van der Waals surface area contributed by atoms with Crippen molar-refractivity contribution in [3.63, 3.8) is 0 Å². The van der Waals surface area contributed by atoms with E-state index in [-0.39, 0.29) is 6.61 Å². The molecule has 0 aliphatic rings. The average Bonchev–Trinajstić information content (AvgIpc) is 2.21. The van der Waals surface area contributed by atoms with Crippen molar-refractivity contribution in [3.05, 3.63) is 0 Å². The van der Waals surface area contributed by atoms with Crippen molar-refractivity contribution in [2.75, 3.05) is 33.0 Å². The van der Waals surface area contributed by atoms with E-state index in [1.807, 2.05) is 0 Å². The second kappa shape index (κ2) is 12.9. The van der Waals surface area contributed by atoms with Crippen molar-refractivity contribution in [2.24, 2.45) is 0 Å². The molecule has 0 aromatic carbocycles. The minimum absolute atomic E-state index is 0.0174. The largest absolute Gasteiger partial charge is 0.381 e. The van der Waals surface area contributed by atoms with Crippen LogP contribution >= 0.6 is 0 Å². The summed E-state index contributed by atoms with van der Waals surface area (Å²) in [5, 5.41) is 10.1. The Kier molecular flexibility index (Phi) is 12.8. The maximum atomic E-state index is 10.1. The van der Waals surface area contributed by atoms with E-state index < -0.39 is 0 Å². The first-order valence-electron chi connectivity index (χ1n) is 5.65. The van der Waals surface area contributed by atoms with Gasteiger partial charge < -0.3 is 9.47 Å². The summed E-state index contributed by atoms with van der Waals surface area (Å²) in [7, 11) is 0. The molecule has 0 aliphatic heterocycles. The Bertz CT molecular complexity index is 84.5. The molecule has 0 bridgehead atoms. The van der Waals surface area contributed by atoms with Crippen molar-refractivity contribution in [1.82, 2.24) is 0 Å². The van der Waals surface area contributed by atoms with Crippen LogP contribution in [0.3, 0.4) is 0 Å². The number of ether oxygens (including phenoxy) is 2. The van der Waals surface area contributed by atoms with Crippen LogP contribution in [0.4, 0.5) is 0 Å². The van der Waals surface area contributed by atoms with Crippen LogP contribution in [0.2, 0.25) is 0 Å². The van der Waals surface area contributed by atoms with Gasteiger partial charge in [-0.2, -0.15) is 0 Å². The molecule has 0 aromatic heterocycles. The Morgan fingerprint density at radius 2 is 1.36 bits per heavy atom. The molecule has 0 atom stereocenters. The molecule has 0 aromatic rings. The Hall–Kier alpha value is -0.120. The molecule has 0 unspecified atom stereocenters. The summed E-state index contributed by atoms with van der Waals surface area (Å²) in [6.45, 7) is 5.31. The number of unbranched alkanes of at least 4 members (excludes halogenated alkanes) is 2. The predicted molar refractivity (Wildman–Crippen MR) is 56.0 cm³/mol. The van der Waals surface area contributed by atoms with Crippen LogP contribution in [-0.2, 0) is 14.6 Å². The van der Waals surface area contributed by atoms with Crippen LogP contribution in [-0.4, -0.2) is 33.0 Å². The van der Waals surface area contributed by atoms with Gasteiger partial charge in [0.2, 0.25) is 0 Å². The summed E-state index contributed by atoms with van der Waals surface area (Å²) in [6.07, 6.45) is 4.91. The van der Waals surface area contributed by atoms with Crippen molar-refractivity contribution >= 4 is 0 Å². The monoisotopic (exact) mass is 203 g/mol. The lowest BCUT2D eigenvalue weighted by Gasteiger charge is -2.04. The molecule has 85 valence electrons. The second-order valence-electron chi connectivity index (χ2n) is 3.34. The van der Waals surface area contributed by atoms with Gasteiger partial charge in [0.15, 0.2) is 0 Å². The topological polar surface area (TPSA) is 38.4 Å². The SMILES string of the molecule is CCCCOCCCOCCCC[O]. The molecule has 0 aliphatic carbocycles. The van der Waals surface area contributed by atoms with Gasteiger partial charge in [0.1, 0.15) is 0 Å². The van der Waals surface area contributed by atoms with E-state index in [0.717, 1.165) is 52.1 Å². The van der Waals surface area contributed by atoms with Crippen LogP contribution in [0, 0.1) is 0 Å². The van der Waals surface area contributed by atoms with Gasteiger partial charge in [0, 0.05) is 26.4 Å². The predicted octanol–water partition coefficient (Wildman–Crippen LogP) is 2.42. The third-order valence-electron chi connectivity index (χ3n) is 1.90. The van der Waals surface area contributed by atoms with Gasteiger partial charge in [-0.15, -0.1) is 0 Å². The zero-order valence-electron chi connectivity index (χ0n) is 9.30. The smallest absolute Gasteiger partial charge is 0.0823 e. The van der Waals surface area contributed by atoms with Crippen LogP contribution in [0.1, 0.15) is 39.0 Å². The fraction of sp³-hybridized carbons (Fsp3) is 1.00. The quantitative estimate of drug-likeness (QED) is 0.484. The Morgan fingerprint density at radius 1 is 0.786 bits per heavy atom. The van der Waals surface area contributed by atoms with Crippen LogP contribution < -0.4 is 0 Å². The highest BCUT2D eigenvalue weighted by Gasteiger charge is 1.91. The maximum absolute atomic E-state index is 10.1. The molecular weight excluding hydrogens is 180 g/mol. The highest BCUT2D eigenvalue weighted by atomic mass is 16.5. The maximum Gasteiger partial charge on any atom is 0.0823 e. The highest BCUT2D eigenvalue weighted by Crippen LogP contribution is 1.92. The average molecular weight is 203 g/mol. The van der Waals surface area contributed by atoms with E-state index in [1.165, 1.54) is 6.42 Å². The van der Waals surface area contributed by atoms with Crippen molar-refractivity contribution in [2.45, 2.75) is 39.0 Å². The summed E-state index contributed by atoms with van der Waals surface area (Å²) < 4.78 is 10.7. The first-order chi connectivity index (χ1) is 6.91. The zero-order chi connectivity index (χ0) is 10.5. The Labute approximate surface area is 87.4 Å². The van der Waals surface area contributed by atoms with E-state index in [9.17, 15) is 5.11 Å². The van der Waals surface area contributed by atoms with Gasteiger partial charge in [0.05, 0.1) is 6.61 Å². The third kappa shape index (κ3) is 11.9. The third-order valence-corrected chi connectivity index (χ3v) is 1.90. The molecule has 0 saturated heterocycles. The van der Waals surface area contributed by atoms with E-state index in [1.54, 1.807) is 0 Å². The van der Waals surface area contributed by atoms with Gasteiger partial charge in [-0.25, -0.2) is 5.11 Å². The van der Waals surface area contributed by atoms with Crippen LogP contribution in [0.5, 0.6) is 0 Å². The first kappa shape index (κ1) is 13.9. The van der Waals surface area contributed by atoms with E-state index >= 15 is 0 Å². The van der Waals surface area contributed by atoms with E-state index in [2.05, 4.69) is 6.92 Å². The molecular formula is C11H23O3. The molecule has 0 saturated carbocycles.